The molecule has 0 amide bonds. The van der Waals surface area contributed by atoms with Crippen molar-refractivity contribution in [1.82, 2.24) is 21.1 Å². The van der Waals surface area contributed by atoms with E-state index >= 15 is 0 Å². The molecule has 2 aliphatic heterocycles. The molecule has 5 heteroatoms. The first kappa shape index (κ1) is 14.9. The van der Waals surface area contributed by atoms with Crippen molar-refractivity contribution in [1.29, 1.82) is 0 Å². The molecular formula is C16H27N5. The van der Waals surface area contributed by atoms with Crippen molar-refractivity contribution in [3.8, 4) is 0 Å². The lowest BCUT2D eigenvalue weighted by molar-refractivity contribution is 0.0257. The highest BCUT2D eigenvalue weighted by Gasteiger charge is 2.49. The maximum atomic E-state index is 6.35. The number of nitrogens with two attached hydrogens (primary N) is 1. The van der Waals surface area contributed by atoms with Gasteiger partial charge in [0.05, 0.1) is 12.3 Å². The van der Waals surface area contributed by atoms with E-state index in [2.05, 4.69) is 72.2 Å². The van der Waals surface area contributed by atoms with E-state index in [0.717, 1.165) is 13.1 Å². The van der Waals surface area contributed by atoms with Gasteiger partial charge in [0, 0.05) is 24.2 Å². The van der Waals surface area contributed by atoms with Crippen LogP contribution >= 0.6 is 0 Å². The van der Waals surface area contributed by atoms with Gasteiger partial charge in [0.15, 0.2) is 0 Å². The summed E-state index contributed by atoms with van der Waals surface area (Å²) < 4.78 is 0. The Balaban J connectivity index is 1.83. The van der Waals surface area contributed by atoms with Gasteiger partial charge in [0.2, 0.25) is 0 Å². The highest BCUT2D eigenvalue weighted by Crippen LogP contribution is 2.31. The van der Waals surface area contributed by atoms with Crippen LogP contribution < -0.4 is 21.8 Å². The Bertz CT molecular complexity index is 469. The van der Waals surface area contributed by atoms with E-state index in [4.69, 9.17) is 5.73 Å². The topological polar surface area (TPSA) is 65.3 Å². The predicted molar refractivity (Wildman–Crippen MR) is 85.1 cm³/mol. The molecule has 5 N–H and O–H groups in total. The highest BCUT2D eigenvalue weighted by molar-refractivity contribution is 5.17. The van der Waals surface area contributed by atoms with Crippen LogP contribution in [0.15, 0.2) is 30.3 Å². The van der Waals surface area contributed by atoms with Crippen molar-refractivity contribution in [3.05, 3.63) is 35.9 Å². The van der Waals surface area contributed by atoms with Gasteiger partial charge in [0.1, 0.15) is 0 Å². The maximum Gasteiger partial charge on any atom is 0.0820 e. The van der Waals surface area contributed by atoms with E-state index in [1.54, 1.807) is 0 Å². The Hall–Kier alpha value is -0.980. The lowest BCUT2D eigenvalue weighted by Gasteiger charge is -2.41. The third-order valence-corrected chi connectivity index (χ3v) is 4.50. The molecule has 116 valence electrons. The molecule has 0 bridgehead atoms. The molecule has 2 aliphatic rings. The summed E-state index contributed by atoms with van der Waals surface area (Å²) in [7, 11) is 0. The number of hydrogen-bond acceptors (Lipinski definition) is 5. The third kappa shape index (κ3) is 2.98. The molecule has 1 aromatic rings. The number of nitrogens with zero attached hydrogens (tertiary/aromatic N) is 1. The number of nitrogens with one attached hydrogen (secondary N) is 3. The second-order valence-electron chi connectivity index (χ2n) is 7.10. The van der Waals surface area contributed by atoms with Crippen molar-refractivity contribution in [2.45, 2.75) is 51.1 Å². The zero-order valence-corrected chi connectivity index (χ0v) is 13.1. The van der Waals surface area contributed by atoms with Gasteiger partial charge in [-0.05, 0) is 32.8 Å². The van der Waals surface area contributed by atoms with Crippen LogP contribution in [0.1, 0.15) is 26.3 Å². The molecule has 5 nitrogen and oxygen atoms in total. The summed E-state index contributed by atoms with van der Waals surface area (Å²) in [6.45, 7) is 7.46. The van der Waals surface area contributed by atoms with Gasteiger partial charge in [-0.2, -0.15) is 0 Å². The smallest absolute Gasteiger partial charge is 0.0820 e. The van der Waals surface area contributed by atoms with E-state index in [0.29, 0.717) is 12.0 Å². The zero-order chi connectivity index (χ0) is 15.0. The van der Waals surface area contributed by atoms with E-state index in [-0.39, 0.29) is 17.9 Å². The highest BCUT2D eigenvalue weighted by atomic mass is 15.6. The molecule has 0 radical (unpaired) electrons. The van der Waals surface area contributed by atoms with Crippen LogP contribution in [-0.4, -0.2) is 35.6 Å². The first-order chi connectivity index (χ1) is 9.97. The van der Waals surface area contributed by atoms with Crippen LogP contribution in [0.25, 0.3) is 0 Å². The second kappa shape index (κ2) is 5.66. The number of hydrogen-bond donors (Lipinski definition) is 4. The monoisotopic (exact) mass is 289 g/mol. The lowest BCUT2D eigenvalue weighted by atomic mass is 9.89. The number of benzene rings is 1. The summed E-state index contributed by atoms with van der Waals surface area (Å²) in [5.74, 6) is 0.346. The average Bonchev–Trinajstić information content (AvgIpc) is 2.80. The minimum atomic E-state index is 0.0183. The van der Waals surface area contributed by atoms with E-state index < -0.39 is 0 Å². The summed E-state index contributed by atoms with van der Waals surface area (Å²) in [4.78, 5) is 0. The van der Waals surface area contributed by atoms with Crippen molar-refractivity contribution in [2.75, 3.05) is 6.67 Å². The van der Waals surface area contributed by atoms with Gasteiger partial charge < -0.3 is 5.73 Å². The molecule has 21 heavy (non-hydrogen) atoms. The molecule has 2 fully saturated rings. The first-order valence-electron chi connectivity index (χ1n) is 7.78. The molecule has 4 unspecified atom stereocenters. The Morgan fingerprint density at radius 3 is 2.57 bits per heavy atom. The van der Waals surface area contributed by atoms with Crippen LogP contribution in [0.4, 0.5) is 0 Å². The summed E-state index contributed by atoms with van der Waals surface area (Å²) in [6, 6.07) is 11.0. The molecule has 2 heterocycles. The Morgan fingerprint density at radius 2 is 1.90 bits per heavy atom. The minimum absolute atomic E-state index is 0.0183. The largest absolute Gasteiger partial charge is 0.315 e. The molecule has 4 atom stereocenters. The number of fused-ring (bicyclic) bond motifs is 1. The van der Waals surface area contributed by atoms with Crippen LogP contribution in [0, 0.1) is 5.92 Å². The normalized spacial score (nSPS) is 33.9. The molecule has 3 rings (SSSR count). The van der Waals surface area contributed by atoms with Gasteiger partial charge >= 0.3 is 0 Å². The van der Waals surface area contributed by atoms with E-state index in [9.17, 15) is 0 Å². The minimum Gasteiger partial charge on any atom is -0.315 e. The van der Waals surface area contributed by atoms with Crippen molar-refractivity contribution in [3.63, 3.8) is 0 Å². The van der Waals surface area contributed by atoms with Gasteiger partial charge in [-0.15, -0.1) is 0 Å². The van der Waals surface area contributed by atoms with Crippen molar-refractivity contribution < 1.29 is 0 Å². The van der Waals surface area contributed by atoms with E-state index in [1.807, 2.05) is 0 Å². The maximum absolute atomic E-state index is 6.35. The molecular weight excluding hydrogens is 262 g/mol. The molecule has 0 aromatic heterocycles. The standard InChI is InChI=1S/C16H27N5/c1-16(2,3)21-15-13(14(17)18-10-19-15)12(20-21)9-11-7-5-4-6-8-11/h4-8,12-15,18-20H,9-10,17H2,1-3H3. The van der Waals surface area contributed by atoms with Crippen LogP contribution in [-0.2, 0) is 6.42 Å². The second-order valence-corrected chi connectivity index (χ2v) is 7.10. The van der Waals surface area contributed by atoms with E-state index in [1.165, 1.54) is 5.56 Å². The number of rotatable bonds is 2. The quantitative estimate of drug-likeness (QED) is 0.642. The van der Waals surface area contributed by atoms with Gasteiger partial charge in [-0.25, -0.2) is 10.4 Å². The third-order valence-electron chi connectivity index (χ3n) is 4.50. The fourth-order valence-electron chi connectivity index (χ4n) is 3.49. The fourth-order valence-corrected chi connectivity index (χ4v) is 3.49. The average molecular weight is 289 g/mol. The zero-order valence-electron chi connectivity index (χ0n) is 13.1. The van der Waals surface area contributed by atoms with Crippen molar-refractivity contribution in [2.24, 2.45) is 11.7 Å². The Labute approximate surface area is 127 Å². The molecule has 2 saturated heterocycles. The lowest BCUT2D eigenvalue weighted by Crippen LogP contribution is -2.65. The Kier molecular flexibility index (Phi) is 4.03. The van der Waals surface area contributed by atoms with Crippen molar-refractivity contribution >= 4 is 0 Å². The molecule has 1 aromatic carbocycles. The summed E-state index contributed by atoms with van der Waals surface area (Å²) in [6.07, 6.45) is 1.28. The summed E-state index contributed by atoms with van der Waals surface area (Å²) >= 11 is 0. The number of hydrazine groups is 1. The summed E-state index contributed by atoms with van der Waals surface area (Å²) in [5, 5.41) is 9.24. The van der Waals surface area contributed by atoms with Gasteiger partial charge in [-0.3, -0.25) is 10.6 Å². The van der Waals surface area contributed by atoms with Crippen LogP contribution in [0.2, 0.25) is 0 Å². The molecule has 0 saturated carbocycles. The fraction of sp³-hybridized carbons (Fsp3) is 0.625. The first-order valence-corrected chi connectivity index (χ1v) is 7.78. The summed E-state index contributed by atoms with van der Waals surface area (Å²) in [5.41, 5.74) is 11.5. The SMILES string of the molecule is CC(C)(C)N1NC(Cc2ccccc2)C2C(N)NCNC21. The van der Waals surface area contributed by atoms with Crippen LogP contribution in [0.3, 0.4) is 0 Å². The molecule has 0 aliphatic carbocycles. The van der Waals surface area contributed by atoms with Gasteiger partial charge in [0.25, 0.3) is 0 Å². The molecule has 0 spiro atoms. The van der Waals surface area contributed by atoms with Crippen LogP contribution in [0.5, 0.6) is 0 Å². The van der Waals surface area contributed by atoms with Gasteiger partial charge in [-0.1, -0.05) is 30.3 Å². The Morgan fingerprint density at radius 1 is 1.19 bits per heavy atom. The predicted octanol–water partition coefficient (Wildman–Crippen LogP) is 0.594.